The summed E-state index contributed by atoms with van der Waals surface area (Å²) in [5.74, 6) is 1.25. The van der Waals surface area contributed by atoms with Gasteiger partial charge in [0, 0.05) is 39.2 Å². The molecule has 0 bridgehead atoms. The van der Waals surface area contributed by atoms with Gasteiger partial charge in [0.05, 0.1) is 5.69 Å². The molecule has 3 aromatic heterocycles. The second-order valence-electron chi connectivity index (χ2n) is 7.36. The first-order valence-electron chi connectivity index (χ1n) is 9.87. The molecule has 5 aromatic rings. The van der Waals surface area contributed by atoms with E-state index in [2.05, 4.69) is 34.2 Å². The van der Waals surface area contributed by atoms with Crippen molar-refractivity contribution >= 4 is 39.7 Å². The Bertz CT molecular complexity index is 1490. The normalized spacial score (nSPS) is 11.3. The SMILES string of the molecule is Cc1cccc(-c2nnc(SCc3cc(=O)n4c(C)csc4n3)n2-c2ccc(Cl)cc2)c1. The van der Waals surface area contributed by atoms with Crippen LogP contribution in [0.15, 0.2) is 69.9 Å². The van der Waals surface area contributed by atoms with Gasteiger partial charge in [-0.3, -0.25) is 13.8 Å². The lowest BCUT2D eigenvalue weighted by Gasteiger charge is -2.11. The predicted molar refractivity (Wildman–Crippen MR) is 130 cm³/mol. The molecule has 0 N–H and O–H groups in total. The lowest BCUT2D eigenvalue weighted by molar-refractivity contribution is 0.884. The topological polar surface area (TPSA) is 65.1 Å². The summed E-state index contributed by atoms with van der Waals surface area (Å²) in [6, 6.07) is 17.3. The fraction of sp³-hybridized carbons (Fsp3) is 0.130. The molecule has 0 unspecified atom stereocenters. The maximum absolute atomic E-state index is 12.5. The van der Waals surface area contributed by atoms with Crippen molar-refractivity contribution in [3.63, 3.8) is 0 Å². The number of hydrogen-bond donors (Lipinski definition) is 0. The van der Waals surface area contributed by atoms with Crippen LogP contribution in [0.4, 0.5) is 0 Å². The number of thiazole rings is 1. The molecule has 6 nitrogen and oxygen atoms in total. The Morgan fingerprint density at radius 1 is 1.06 bits per heavy atom. The number of halogens is 1. The van der Waals surface area contributed by atoms with E-state index >= 15 is 0 Å². The molecule has 5 rings (SSSR count). The molecule has 0 saturated heterocycles. The molecule has 0 fully saturated rings. The average molecular weight is 480 g/mol. The van der Waals surface area contributed by atoms with E-state index in [1.165, 1.54) is 23.1 Å². The summed E-state index contributed by atoms with van der Waals surface area (Å²) in [6.07, 6.45) is 0. The minimum Gasteiger partial charge on any atom is -0.270 e. The number of thioether (sulfide) groups is 1. The van der Waals surface area contributed by atoms with E-state index in [1.807, 2.05) is 53.3 Å². The Morgan fingerprint density at radius 2 is 1.88 bits per heavy atom. The standard InChI is InChI=1S/C23H18ClN5OS2/c1-14-4-3-5-16(10-14)21-26-27-23(29(21)19-8-6-17(24)7-9-19)32-13-18-11-20(30)28-15(2)12-31-22(28)25-18/h3-12H,13H2,1-2H3. The Balaban J connectivity index is 1.54. The first kappa shape index (κ1) is 20.9. The number of aromatic nitrogens is 5. The lowest BCUT2D eigenvalue weighted by atomic mass is 10.1. The number of rotatable bonds is 5. The molecule has 0 radical (unpaired) electrons. The molecule has 0 saturated carbocycles. The van der Waals surface area contributed by atoms with Gasteiger partial charge in [-0.1, -0.05) is 47.1 Å². The largest absolute Gasteiger partial charge is 0.270 e. The Morgan fingerprint density at radius 3 is 2.66 bits per heavy atom. The predicted octanol–water partition coefficient (Wildman–Crippen LogP) is 5.57. The fourth-order valence-corrected chi connectivity index (χ4v) is 5.33. The zero-order valence-corrected chi connectivity index (χ0v) is 19.7. The fourth-order valence-electron chi connectivity index (χ4n) is 3.47. The number of benzene rings is 2. The summed E-state index contributed by atoms with van der Waals surface area (Å²) in [5.41, 5.74) is 4.58. The third-order valence-electron chi connectivity index (χ3n) is 4.97. The summed E-state index contributed by atoms with van der Waals surface area (Å²) >= 11 is 9.07. The quantitative estimate of drug-likeness (QED) is 0.308. The maximum atomic E-state index is 12.5. The molecule has 0 amide bonds. The average Bonchev–Trinajstić information content (AvgIpc) is 3.37. The summed E-state index contributed by atoms with van der Waals surface area (Å²) in [7, 11) is 0. The number of fused-ring (bicyclic) bond motifs is 1. The third kappa shape index (κ3) is 3.97. The van der Waals surface area contributed by atoms with E-state index in [0.29, 0.717) is 26.6 Å². The van der Waals surface area contributed by atoms with Crippen molar-refractivity contribution in [2.24, 2.45) is 0 Å². The highest BCUT2D eigenvalue weighted by Gasteiger charge is 2.17. The summed E-state index contributed by atoms with van der Waals surface area (Å²) < 4.78 is 3.64. The molecule has 9 heteroatoms. The van der Waals surface area contributed by atoms with Crippen LogP contribution >= 0.6 is 34.7 Å². The van der Waals surface area contributed by atoms with Gasteiger partial charge >= 0.3 is 0 Å². The van der Waals surface area contributed by atoms with Crippen molar-refractivity contribution in [1.29, 1.82) is 0 Å². The van der Waals surface area contributed by atoms with Gasteiger partial charge in [-0.2, -0.15) is 0 Å². The second-order valence-corrected chi connectivity index (χ2v) is 9.57. The molecule has 160 valence electrons. The maximum Gasteiger partial charge on any atom is 0.258 e. The lowest BCUT2D eigenvalue weighted by Crippen LogP contribution is -2.14. The van der Waals surface area contributed by atoms with Crippen molar-refractivity contribution in [3.8, 4) is 17.1 Å². The first-order valence-corrected chi connectivity index (χ1v) is 12.1. The molecule has 0 spiro atoms. The van der Waals surface area contributed by atoms with E-state index in [1.54, 1.807) is 10.5 Å². The molecule has 0 aliphatic rings. The summed E-state index contributed by atoms with van der Waals surface area (Å²) in [5, 5.41) is 12.3. The molecular weight excluding hydrogens is 462 g/mol. The van der Waals surface area contributed by atoms with Gasteiger partial charge < -0.3 is 0 Å². The van der Waals surface area contributed by atoms with Crippen molar-refractivity contribution in [3.05, 3.63) is 92.3 Å². The smallest absolute Gasteiger partial charge is 0.258 e. The number of aryl methyl sites for hydroxylation is 2. The Hall–Kier alpha value is -2.94. The highest BCUT2D eigenvalue weighted by molar-refractivity contribution is 7.98. The molecule has 32 heavy (non-hydrogen) atoms. The zero-order chi connectivity index (χ0) is 22.2. The highest BCUT2D eigenvalue weighted by atomic mass is 35.5. The van der Waals surface area contributed by atoms with E-state index in [4.69, 9.17) is 11.6 Å². The van der Waals surface area contributed by atoms with Gasteiger partial charge in [-0.25, -0.2) is 4.98 Å². The van der Waals surface area contributed by atoms with Gasteiger partial charge in [0.15, 0.2) is 15.9 Å². The van der Waals surface area contributed by atoms with Crippen molar-refractivity contribution in [2.45, 2.75) is 24.8 Å². The van der Waals surface area contributed by atoms with Crippen molar-refractivity contribution in [2.75, 3.05) is 0 Å². The van der Waals surface area contributed by atoms with Crippen LogP contribution in [0.3, 0.4) is 0 Å². The van der Waals surface area contributed by atoms with Crippen LogP contribution in [-0.2, 0) is 5.75 Å². The highest BCUT2D eigenvalue weighted by Crippen LogP contribution is 2.30. The van der Waals surface area contributed by atoms with Gasteiger partial charge in [-0.15, -0.1) is 21.5 Å². The molecular formula is C23H18ClN5OS2. The van der Waals surface area contributed by atoms with E-state index < -0.39 is 0 Å². The van der Waals surface area contributed by atoms with Crippen LogP contribution in [0.25, 0.3) is 22.0 Å². The second kappa shape index (κ2) is 8.54. The summed E-state index contributed by atoms with van der Waals surface area (Å²) in [6.45, 7) is 3.96. The van der Waals surface area contributed by atoms with Crippen LogP contribution in [0.1, 0.15) is 17.0 Å². The van der Waals surface area contributed by atoms with Gasteiger partial charge in [0.1, 0.15) is 0 Å². The summed E-state index contributed by atoms with van der Waals surface area (Å²) in [4.78, 5) is 17.9. The molecule has 0 aliphatic heterocycles. The molecule has 0 atom stereocenters. The molecule has 2 aromatic carbocycles. The first-order chi connectivity index (χ1) is 15.5. The van der Waals surface area contributed by atoms with Crippen LogP contribution in [-0.4, -0.2) is 24.1 Å². The molecule has 0 aliphatic carbocycles. The van der Waals surface area contributed by atoms with Crippen LogP contribution in [0, 0.1) is 13.8 Å². The Kier molecular flexibility index (Phi) is 5.58. The third-order valence-corrected chi connectivity index (χ3v) is 7.13. The van der Waals surface area contributed by atoms with Gasteiger partial charge in [0.2, 0.25) is 0 Å². The minimum absolute atomic E-state index is 0.0658. The monoisotopic (exact) mass is 479 g/mol. The van der Waals surface area contributed by atoms with Crippen LogP contribution in [0.5, 0.6) is 0 Å². The van der Waals surface area contributed by atoms with Crippen LogP contribution in [0.2, 0.25) is 5.02 Å². The van der Waals surface area contributed by atoms with Gasteiger partial charge in [-0.05, 0) is 44.2 Å². The van der Waals surface area contributed by atoms with Crippen LogP contribution < -0.4 is 5.56 Å². The minimum atomic E-state index is -0.0658. The zero-order valence-electron chi connectivity index (χ0n) is 17.3. The van der Waals surface area contributed by atoms with Gasteiger partial charge in [0.25, 0.3) is 5.56 Å². The molecule has 3 heterocycles. The van der Waals surface area contributed by atoms with Crippen molar-refractivity contribution < 1.29 is 0 Å². The number of hydrogen-bond acceptors (Lipinski definition) is 6. The van der Waals surface area contributed by atoms with E-state index in [9.17, 15) is 4.79 Å². The Labute approximate surface area is 197 Å². The van der Waals surface area contributed by atoms with E-state index in [-0.39, 0.29) is 5.56 Å². The van der Waals surface area contributed by atoms with E-state index in [0.717, 1.165) is 28.3 Å². The number of nitrogens with zero attached hydrogens (tertiary/aromatic N) is 5. The van der Waals surface area contributed by atoms with Crippen molar-refractivity contribution in [1.82, 2.24) is 24.1 Å².